The van der Waals surface area contributed by atoms with Crippen molar-refractivity contribution in [3.05, 3.63) is 40.6 Å². The number of carbonyl (C=O) groups is 1. The molecule has 0 aliphatic rings. The van der Waals surface area contributed by atoms with Crippen LogP contribution in [-0.4, -0.2) is 30.1 Å². The molecule has 0 aliphatic carbocycles. The fourth-order valence-corrected chi connectivity index (χ4v) is 3.21. The van der Waals surface area contributed by atoms with Crippen molar-refractivity contribution in [2.45, 2.75) is 0 Å². The molecule has 0 bridgehead atoms. The molecule has 0 saturated heterocycles. The van der Waals surface area contributed by atoms with Crippen LogP contribution in [0, 0.1) is 0 Å². The van der Waals surface area contributed by atoms with Gasteiger partial charge in [-0.3, -0.25) is 4.79 Å². The fraction of sp³-hybridized carbons (Fsp3) is 0.133. The highest BCUT2D eigenvalue weighted by Gasteiger charge is 2.16. The second kappa shape index (κ2) is 6.39. The number of ether oxygens (including phenoxy) is 2. The molecule has 3 aromatic rings. The Morgan fingerprint density at radius 1 is 1.26 bits per heavy atom. The molecule has 6 nitrogen and oxygen atoms in total. The highest BCUT2D eigenvalue weighted by molar-refractivity contribution is 7.17. The van der Waals surface area contributed by atoms with Gasteiger partial charge >= 0.3 is 0 Å². The minimum Gasteiger partial charge on any atom is -0.495 e. The third kappa shape index (κ3) is 2.93. The molecule has 0 radical (unpaired) electrons. The Labute approximate surface area is 141 Å². The van der Waals surface area contributed by atoms with Crippen LogP contribution in [0.2, 0.25) is 5.02 Å². The first kappa shape index (κ1) is 15.5. The van der Waals surface area contributed by atoms with E-state index in [1.54, 1.807) is 23.7 Å². The summed E-state index contributed by atoms with van der Waals surface area (Å²) in [4.78, 5) is 20.6. The third-order valence-corrected chi connectivity index (χ3v) is 4.46. The largest absolute Gasteiger partial charge is 0.495 e. The summed E-state index contributed by atoms with van der Waals surface area (Å²) in [6, 6.07) is 3.26. The minimum absolute atomic E-state index is 0.277. The molecular weight excluding hydrogens is 338 g/mol. The maximum atomic E-state index is 12.5. The molecule has 0 unspecified atom stereocenters. The average molecular weight is 350 g/mol. The number of hydrogen-bond acceptors (Lipinski definition) is 6. The van der Waals surface area contributed by atoms with Gasteiger partial charge in [0.15, 0.2) is 0 Å². The highest BCUT2D eigenvalue weighted by Crippen LogP contribution is 2.37. The Hall–Kier alpha value is -2.38. The molecule has 1 aromatic carbocycles. The predicted octanol–water partition coefficient (Wildman–Crippen LogP) is 3.61. The number of benzene rings is 1. The topological polar surface area (TPSA) is 73.3 Å². The van der Waals surface area contributed by atoms with Gasteiger partial charge in [-0.15, -0.1) is 11.3 Å². The summed E-state index contributed by atoms with van der Waals surface area (Å²) in [5.74, 6) is 0.555. The zero-order chi connectivity index (χ0) is 16.4. The average Bonchev–Trinajstić information content (AvgIpc) is 3.00. The molecule has 2 heterocycles. The molecule has 2 aromatic heterocycles. The summed E-state index contributed by atoms with van der Waals surface area (Å²) in [5.41, 5.74) is 1.62. The number of thiophene rings is 1. The number of nitrogens with one attached hydrogen (secondary N) is 1. The van der Waals surface area contributed by atoms with E-state index in [1.165, 1.54) is 31.9 Å². The van der Waals surface area contributed by atoms with Gasteiger partial charge in [0.1, 0.15) is 22.8 Å². The van der Waals surface area contributed by atoms with Crippen molar-refractivity contribution in [2.75, 3.05) is 19.5 Å². The summed E-state index contributed by atoms with van der Waals surface area (Å²) >= 11 is 7.53. The summed E-state index contributed by atoms with van der Waals surface area (Å²) in [6.07, 6.45) is 3.10. The van der Waals surface area contributed by atoms with Crippen LogP contribution in [0.25, 0.3) is 10.2 Å². The molecule has 0 spiro atoms. The van der Waals surface area contributed by atoms with Crippen molar-refractivity contribution in [1.29, 1.82) is 0 Å². The van der Waals surface area contributed by atoms with Gasteiger partial charge in [-0.2, -0.15) is 0 Å². The number of anilines is 1. The first-order chi connectivity index (χ1) is 11.1. The summed E-state index contributed by atoms with van der Waals surface area (Å²) in [5, 5.41) is 4.90. The molecule has 0 fully saturated rings. The van der Waals surface area contributed by atoms with Crippen molar-refractivity contribution in [2.24, 2.45) is 0 Å². The number of rotatable bonds is 4. The van der Waals surface area contributed by atoms with Gasteiger partial charge in [0, 0.05) is 29.4 Å². The zero-order valence-electron chi connectivity index (χ0n) is 12.3. The van der Waals surface area contributed by atoms with Crippen LogP contribution in [0.15, 0.2) is 30.0 Å². The lowest BCUT2D eigenvalue weighted by atomic mass is 10.2. The van der Waals surface area contributed by atoms with E-state index in [4.69, 9.17) is 21.1 Å². The number of amides is 1. The smallest absolute Gasteiger partial charge is 0.258 e. The van der Waals surface area contributed by atoms with Crippen LogP contribution in [0.1, 0.15) is 10.4 Å². The summed E-state index contributed by atoms with van der Waals surface area (Å²) < 4.78 is 11.2. The van der Waals surface area contributed by atoms with E-state index in [0.29, 0.717) is 33.3 Å². The normalized spacial score (nSPS) is 10.6. The SMILES string of the molecule is COc1cc(NC(=O)c2csc3cncnc23)cc(OC)c1Cl. The minimum atomic E-state index is -0.277. The molecule has 0 atom stereocenters. The number of fused-ring (bicyclic) bond motifs is 1. The van der Waals surface area contributed by atoms with Crippen molar-refractivity contribution in [3.63, 3.8) is 0 Å². The van der Waals surface area contributed by atoms with Crippen molar-refractivity contribution in [1.82, 2.24) is 9.97 Å². The molecule has 1 amide bonds. The molecular formula is C15H12ClN3O3S. The monoisotopic (exact) mass is 349 g/mol. The predicted molar refractivity (Wildman–Crippen MR) is 89.9 cm³/mol. The van der Waals surface area contributed by atoms with E-state index in [1.807, 2.05) is 0 Å². The quantitative estimate of drug-likeness (QED) is 0.778. The van der Waals surface area contributed by atoms with Gasteiger partial charge in [-0.25, -0.2) is 9.97 Å². The van der Waals surface area contributed by atoms with Gasteiger partial charge in [0.25, 0.3) is 5.91 Å². The third-order valence-electron chi connectivity index (χ3n) is 3.19. The Morgan fingerprint density at radius 3 is 2.61 bits per heavy atom. The molecule has 0 aliphatic heterocycles. The standard InChI is InChI=1S/C15H12ClN3O3S/c1-21-10-3-8(4-11(22-2)13(10)16)19-15(20)9-6-23-12-5-17-7-18-14(9)12/h3-7H,1-2H3,(H,19,20). The van der Waals surface area contributed by atoms with Crippen LogP contribution in [0.3, 0.4) is 0 Å². The number of halogens is 1. The van der Waals surface area contributed by atoms with Gasteiger partial charge in [-0.1, -0.05) is 11.6 Å². The number of carbonyl (C=O) groups excluding carboxylic acids is 1. The highest BCUT2D eigenvalue weighted by atomic mass is 35.5. The van der Waals surface area contributed by atoms with E-state index >= 15 is 0 Å². The van der Waals surface area contributed by atoms with Crippen LogP contribution in [-0.2, 0) is 0 Å². The van der Waals surface area contributed by atoms with E-state index in [9.17, 15) is 4.79 Å². The van der Waals surface area contributed by atoms with Crippen LogP contribution >= 0.6 is 22.9 Å². The second-order valence-corrected chi connectivity index (χ2v) is 5.82. The molecule has 8 heteroatoms. The van der Waals surface area contributed by atoms with E-state index in [0.717, 1.165) is 4.70 Å². The number of aromatic nitrogens is 2. The molecule has 1 N–H and O–H groups in total. The number of methoxy groups -OCH3 is 2. The number of nitrogens with zero attached hydrogens (tertiary/aromatic N) is 2. The lowest BCUT2D eigenvalue weighted by molar-refractivity contribution is 0.102. The Bertz CT molecular complexity index is 856. The number of hydrogen-bond donors (Lipinski definition) is 1. The summed E-state index contributed by atoms with van der Waals surface area (Å²) in [6.45, 7) is 0. The van der Waals surface area contributed by atoms with Gasteiger partial charge < -0.3 is 14.8 Å². The van der Waals surface area contributed by atoms with Crippen LogP contribution in [0.4, 0.5) is 5.69 Å². The van der Waals surface area contributed by atoms with Crippen LogP contribution < -0.4 is 14.8 Å². The van der Waals surface area contributed by atoms with Gasteiger partial charge in [0.2, 0.25) is 0 Å². The Kier molecular flexibility index (Phi) is 4.31. The lowest BCUT2D eigenvalue weighted by Gasteiger charge is -2.12. The van der Waals surface area contributed by atoms with E-state index < -0.39 is 0 Å². The maximum Gasteiger partial charge on any atom is 0.258 e. The lowest BCUT2D eigenvalue weighted by Crippen LogP contribution is -2.12. The fourth-order valence-electron chi connectivity index (χ4n) is 2.08. The summed E-state index contributed by atoms with van der Waals surface area (Å²) in [7, 11) is 2.99. The molecule has 23 heavy (non-hydrogen) atoms. The van der Waals surface area contributed by atoms with Crippen LogP contribution in [0.5, 0.6) is 11.5 Å². The Morgan fingerprint density at radius 2 is 1.96 bits per heavy atom. The van der Waals surface area contributed by atoms with Crippen molar-refractivity contribution in [3.8, 4) is 11.5 Å². The van der Waals surface area contributed by atoms with Gasteiger partial charge in [0.05, 0.1) is 30.0 Å². The maximum absolute atomic E-state index is 12.5. The first-order valence-corrected chi connectivity index (χ1v) is 7.80. The first-order valence-electron chi connectivity index (χ1n) is 6.54. The molecule has 118 valence electrons. The second-order valence-electron chi connectivity index (χ2n) is 4.53. The molecule has 3 rings (SSSR count). The Balaban J connectivity index is 1.94. The van der Waals surface area contributed by atoms with Crippen molar-refractivity contribution < 1.29 is 14.3 Å². The van der Waals surface area contributed by atoms with Crippen molar-refractivity contribution >= 4 is 44.7 Å². The van der Waals surface area contributed by atoms with Gasteiger partial charge in [-0.05, 0) is 0 Å². The zero-order valence-corrected chi connectivity index (χ0v) is 13.9. The van der Waals surface area contributed by atoms with E-state index in [2.05, 4.69) is 15.3 Å². The molecule has 0 saturated carbocycles. The van der Waals surface area contributed by atoms with E-state index in [-0.39, 0.29) is 5.91 Å².